The molecule has 0 aliphatic rings. The normalized spacial score (nSPS) is 11.7. The van der Waals surface area contributed by atoms with Gasteiger partial charge in [-0.3, -0.25) is 15.2 Å². The summed E-state index contributed by atoms with van der Waals surface area (Å²) in [4.78, 5) is 16.0. The van der Waals surface area contributed by atoms with Crippen LogP contribution in [-0.4, -0.2) is 28.9 Å². The SMILES string of the molecule is COC(=O)Cc1ccc(C(=N)c2ccc(-c3c(C)noc3C)cc2N[C@@H](C)c2ccccn2)cc1. The molecule has 2 N–H and O–H groups in total. The number of hydrogen-bond acceptors (Lipinski definition) is 7. The Kier molecular flexibility index (Phi) is 7.06. The third-order valence-corrected chi connectivity index (χ3v) is 5.93. The second-order valence-electron chi connectivity index (χ2n) is 8.40. The topological polar surface area (TPSA) is 101 Å². The van der Waals surface area contributed by atoms with Crippen molar-refractivity contribution in [3.05, 3.63) is 101 Å². The fourth-order valence-corrected chi connectivity index (χ4v) is 4.06. The lowest BCUT2D eigenvalue weighted by Gasteiger charge is -2.20. The van der Waals surface area contributed by atoms with Gasteiger partial charge < -0.3 is 14.6 Å². The minimum Gasteiger partial charge on any atom is -0.469 e. The van der Waals surface area contributed by atoms with E-state index in [9.17, 15) is 4.79 Å². The third kappa shape index (κ3) is 5.30. The highest BCUT2D eigenvalue weighted by molar-refractivity contribution is 6.14. The van der Waals surface area contributed by atoms with Crippen LogP contribution in [0.2, 0.25) is 0 Å². The maximum Gasteiger partial charge on any atom is 0.309 e. The predicted octanol–water partition coefficient (Wildman–Crippen LogP) is 5.66. The number of anilines is 1. The second-order valence-corrected chi connectivity index (χ2v) is 8.40. The summed E-state index contributed by atoms with van der Waals surface area (Å²) < 4.78 is 10.1. The largest absolute Gasteiger partial charge is 0.469 e. The Hall–Kier alpha value is -4.26. The summed E-state index contributed by atoms with van der Waals surface area (Å²) in [6.45, 7) is 5.85. The molecule has 0 saturated heterocycles. The molecule has 2 aromatic heterocycles. The van der Waals surface area contributed by atoms with Crippen LogP contribution in [0.1, 0.15) is 46.8 Å². The summed E-state index contributed by atoms with van der Waals surface area (Å²) in [5, 5.41) is 16.6. The molecule has 0 radical (unpaired) electrons. The lowest BCUT2D eigenvalue weighted by Crippen LogP contribution is -2.13. The predicted molar refractivity (Wildman–Crippen MR) is 136 cm³/mol. The smallest absolute Gasteiger partial charge is 0.309 e. The highest BCUT2D eigenvalue weighted by atomic mass is 16.5. The Labute approximate surface area is 204 Å². The highest BCUT2D eigenvalue weighted by Crippen LogP contribution is 2.33. The molecule has 35 heavy (non-hydrogen) atoms. The number of carbonyl (C=O) groups is 1. The molecule has 7 heteroatoms. The monoisotopic (exact) mass is 468 g/mol. The second kappa shape index (κ2) is 10.3. The van der Waals surface area contributed by atoms with E-state index in [2.05, 4.69) is 15.5 Å². The van der Waals surface area contributed by atoms with Gasteiger partial charge in [0.1, 0.15) is 5.76 Å². The van der Waals surface area contributed by atoms with Crippen molar-refractivity contribution >= 4 is 17.4 Å². The molecule has 4 aromatic rings. The van der Waals surface area contributed by atoms with Crippen LogP contribution >= 0.6 is 0 Å². The van der Waals surface area contributed by atoms with Crippen LogP contribution in [0.3, 0.4) is 0 Å². The first-order chi connectivity index (χ1) is 16.9. The number of carbonyl (C=O) groups excluding carboxylic acids is 1. The average Bonchev–Trinajstić information content (AvgIpc) is 3.22. The number of esters is 1. The first-order valence-electron chi connectivity index (χ1n) is 11.4. The van der Waals surface area contributed by atoms with Crippen LogP contribution in [0, 0.1) is 19.3 Å². The molecule has 0 fully saturated rings. The number of hydrogen-bond donors (Lipinski definition) is 2. The molecule has 0 aliphatic heterocycles. The summed E-state index contributed by atoms with van der Waals surface area (Å²) >= 11 is 0. The first kappa shape index (κ1) is 23.9. The van der Waals surface area contributed by atoms with Gasteiger partial charge in [0.15, 0.2) is 0 Å². The van der Waals surface area contributed by atoms with E-state index < -0.39 is 0 Å². The minimum atomic E-state index is -0.294. The standard InChI is InChI=1S/C28H28N4O3/c1-17(24-7-5-6-14-30-24)31-25-16-22(27-18(2)32-35-19(27)3)12-13-23(25)28(29)21-10-8-20(9-11-21)15-26(33)34-4/h5-14,16-17,29,31H,15H2,1-4H3/t17-/m0/s1. The maximum atomic E-state index is 11.6. The molecule has 1 atom stereocenters. The van der Waals surface area contributed by atoms with Crippen LogP contribution in [0.25, 0.3) is 11.1 Å². The molecule has 0 unspecified atom stereocenters. The van der Waals surface area contributed by atoms with E-state index in [4.69, 9.17) is 14.7 Å². The number of nitrogens with zero attached hydrogens (tertiary/aromatic N) is 2. The summed E-state index contributed by atoms with van der Waals surface area (Å²) in [5.41, 5.74) is 7.14. The van der Waals surface area contributed by atoms with Crippen molar-refractivity contribution in [3.63, 3.8) is 0 Å². The average molecular weight is 469 g/mol. The highest BCUT2D eigenvalue weighted by Gasteiger charge is 2.18. The van der Waals surface area contributed by atoms with Crippen molar-refractivity contribution in [1.82, 2.24) is 10.1 Å². The number of ether oxygens (including phenoxy) is 1. The van der Waals surface area contributed by atoms with Crippen LogP contribution < -0.4 is 5.32 Å². The lowest BCUT2D eigenvalue weighted by atomic mass is 9.95. The van der Waals surface area contributed by atoms with E-state index in [-0.39, 0.29) is 18.4 Å². The van der Waals surface area contributed by atoms with Crippen LogP contribution in [-0.2, 0) is 16.0 Å². The molecule has 0 saturated carbocycles. The van der Waals surface area contributed by atoms with Gasteiger partial charge in [-0.05, 0) is 50.1 Å². The van der Waals surface area contributed by atoms with E-state index in [0.717, 1.165) is 50.7 Å². The molecule has 4 rings (SSSR count). The number of benzene rings is 2. The first-order valence-corrected chi connectivity index (χ1v) is 11.4. The molecule has 178 valence electrons. The van der Waals surface area contributed by atoms with Crippen molar-refractivity contribution in [2.24, 2.45) is 0 Å². The van der Waals surface area contributed by atoms with Gasteiger partial charge in [0.25, 0.3) is 0 Å². The minimum absolute atomic E-state index is 0.0786. The van der Waals surface area contributed by atoms with Gasteiger partial charge in [0, 0.05) is 28.6 Å². The van der Waals surface area contributed by atoms with Gasteiger partial charge >= 0.3 is 5.97 Å². The van der Waals surface area contributed by atoms with Gasteiger partial charge in [-0.25, -0.2) is 0 Å². The summed E-state index contributed by atoms with van der Waals surface area (Å²) in [7, 11) is 1.37. The fourth-order valence-electron chi connectivity index (χ4n) is 4.06. The third-order valence-electron chi connectivity index (χ3n) is 5.93. The Morgan fingerprint density at radius 1 is 1.11 bits per heavy atom. The van der Waals surface area contributed by atoms with Crippen molar-refractivity contribution in [1.29, 1.82) is 5.41 Å². The number of pyridine rings is 1. The van der Waals surface area contributed by atoms with Gasteiger partial charge in [-0.2, -0.15) is 0 Å². The summed E-state index contributed by atoms with van der Waals surface area (Å²) in [6.07, 6.45) is 1.97. The molecule has 2 heterocycles. The van der Waals surface area contributed by atoms with Crippen molar-refractivity contribution in [2.75, 3.05) is 12.4 Å². The zero-order valence-electron chi connectivity index (χ0n) is 20.3. The zero-order chi connectivity index (χ0) is 24.9. The van der Waals surface area contributed by atoms with Crippen molar-refractivity contribution < 1.29 is 14.1 Å². The van der Waals surface area contributed by atoms with E-state index in [1.54, 1.807) is 6.20 Å². The van der Waals surface area contributed by atoms with Crippen molar-refractivity contribution in [3.8, 4) is 11.1 Å². The van der Waals surface area contributed by atoms with Gasteiger partial charge in [0.2, 0.25) is 0 Å². The Morgan fingerprint density at radius 3 is 2.51 bits per heavy atom. The molecule has 0 spiro atoms. The summed E-state index contributed by atoms with van der Waals surface area (Å²) in [6, 6.07) is 19.1. The molecular formula is C28H28N4O3. The quantitative estimate of drug-likeness (QED) is 0.256. The molecule has 0 aliphatic carbocycles. The van der Waals surface area contributed by atoms with E-state index in [0.29, 0.717) is 5.71 Å². The lowest BCUT2D eigenvalue weighted by molar-refractivity contribution is -0.139. The number of nitrogens with one attached hydrogen (secondary N) is 2. The maximum absolute atomic E-state index is 11.6. The summed E-state index contributed by atoms with van der Waals surface area (Å²) in [5.74, 6) is 0.452. The number of aromatic nitrogens is 2. The fraction of sp³-hybridized carbons (Fsp3) is 0.214. The van der Waals surface area contributed by atoms with Crippen LogP contribution in [0.15, 0.2) is 71.4 Å². The van der Waals surface area contributed by atoms with Gasteiger partial charge in [0.05, 0.1) is 36.7 Å². The van der Waals surface area contributed by atoms with E-state index >= 15 is 0 Å². The zero-order valence-corrected chi connectivity index (χ0v) is 20.3. The van der Waals surface area contributed by atoms with Gasteiger partial charge in [-0.1, -0.05) is 47.6 Å². The van der Waals surface area contributed by atoms with Crippen LogP contribution in [0.5, 0.6) is 0 Å². The van der Waals surface area contributed by atoms with Crippen molar-refractivity contribution in [2.45, 2.75) is 33.2 Å². The number of rotatable bonds is 8. The Morgan fingerprint density at radius 2 is 1.89 bits per heavy atom. The van der Waals surface area contributed by atoms with E-state index in [1.165, 1.54) is 7.11 Å². The van der Waals surface area contributed by atoms with Crippen LogP contribution in [0.4, 0.5) is 5.69 Å². The van der Waals surface area contributed by atoms with Gasteiger partial charge in [-0.15, -0.1) is 0 Å². The molecule has 7 nitrogen and oxygen atoms in total. The molecule has 0 amide bonds. The number of methoxy groups -OCH3 is 1. The Balaban J connectivity index is 1.71. The van der Waals surface area contributed by atoms with E-state index in [1.807, 2.05) is 81.4 Å². The number of aryl methyl sites for hydroxylation is 2. The molecule has 2 aromatic carbocycles. The molecule has 0 bridgehead atoms. The molecular weight excluding hydrogens is 440 g/mol. The Bertz CT molecular complexity index is 1330.